The van der Waals surface area contributed by atoms with Gasteiger partial charge in [0, 0.05) is 12.1 Å². The molecule has 0 aliphatic rings. The van der Waals surface area contributed by atoms with Gasteiger partial charge in [-0.05, 0) is 39.3 Å². The van der Waals surface area contributed by atoms with Crippen molar-refractivity contribution in [2.75, 3.05) is 0 Å². The lowest BCUT2D eigenvalue weighted by atomic mass is 10.1. The number of carbonyl (C=O) groups is 2. The highest BCUT2D eigenvalue weighted by molar-refractivity contribution is 6.19. The summed E-state index contributed by atoms with van der Waals surface area (Å²) >= 11 is 0. The average Bonchev–Trinajstić information content (AvgIpc) is 2.33. The second kappa shape index (κ2) is 6.30. The van der Waals surface area contributed by atoms with E-state index in [1.54, 1.807) is 26.8 Å². The maximum atomic E-state index is 12.0. The van der Waals surface area contributed by atoms with Crippen LogP contribution >= 0.6 is 0 Å². The van der Waals surface area contributed by atoms with Gasteiger partial charge in [0.05, 0.1) is 4.92 Å². The zero-order valence-electron chi connectivity index (χ0n) is 12.4. The summed E-state index contributed by atoms with van der Waals surface area (Å²) in [4.78, 5) is 33.7. The first-order valence-corrected chi connectivity index (χ1v) is 6.30. The highest BCUT2D eigenvalue weighted by atomic mass is 16.6. The number of non-ortho nitro benzene ring substituents is 1. The number of nitrogens with zero attached hydrogens (tertiary/aromatic N) is 1. The standard InChI is InChI=1S/C15H17NO5/c1-10(17)13(14(18)21-15(2,3)4)9-11-6-5-7-12(8-11)16(19)20/h5-9H,1-4H3. The number of hydrogen-bond donors (Lipinski definition) is 0. The number of hydrogen-bond acceptors (Lipinski definition) is 5. The number of carbonyl (C=O) groups excluding carboxylic acids is 2. The number of Topliss-reactive ketones (excluding diaryl/α,β-unsaturated/α-hetero) is 1. The van der Waals surface area contributed by atoms with Crippen molar-refractivity contribution in [3.05, 3.63) is 45.5 Å². The fraction of sp³-hybridized carbons (Fsp3) is 0.333. The zero-order valence-corrected chi connectivity index (χ0v) is 12.4. The maximum absolute atomic E-state index is 12.0. The van der Waals surface area contributed by atoms with Gasteiger partial charge in [-0.25, -0.2) is 4.79 Å². The van der Waals surface area contributed by atoms with Crippen molar-refractivity contribution >= 4 is 23.5 Å². The third kappa shape index (κ3) is 5.18. The molecule has 0 fully saturated rings. The lowest BCUT2D eigenvalue weighted by Gasteiger charge is -2.19. The van der Waals surface area contributed by atoms with Gasteiger partial charge in [-0.15, -0.1) is 0 Å². The molecule has 0 atom stereocenters. The van der Waals surface area contributed by atoms with Crippen molar-refractivity contribution in [1.82, 2.24) is 0 Å². The number of nitro groups is 1. The Hall–Kier alpha value is -2.50. The molecule has 1 rings (SSSR count). The summed E-state index contributed by atoms with van der Waals surface area (Å²) in [7, 11) is 0. The van der Waals surface area contributed by atoms with E-state index in [1.807, 2.05) is 0 Å². The van der Waals surface area contributed by atoms with E-state index in [-0.39, 0.29) is 11.3 Å². The monoisotopic (exact) mass is 291 g/mol. The number of benzene rings is 1. The second-order valence-electron chi connectivity index (χ2n) is 5.47. The average molecular weight is 291 g/mol. The minimum atomic E-state index is -0.749. The predicted octanol–water partition coefficient (Wildman–Crippen LogP) is 2.91. The maximum Gasteiger partial charge on any atom is 0.342 e. The van der Waals surface area contributed by atoms with Gasteiger partial charge in [-0.2, -0.15) is 0 Å². The van der Waals surface area contributed by atoms with Crippen molar-refractivity contribution in [2.24, 2.45) is 0 Å². The predicted molar refractivity (Wildman–Crippen MR) is 77.6 cm³/mol. The van der Waals surface area contributed by atoms with Gasteiger partial charge in [-0.3, -0.25) is 14.9 Å². The molecule has 0 heterocycles. The van der Waals surface area contributed by atoms with Crippen molar-refractivity contribution in [3.8, 4) is 0 Å². The van der Waals surface area contributed by atoms with Gasteiger partial charge in [0.1, 0.15) is 11.2 Å². The lowest BCUT2D eigenvalue weighted by molar-refractivity contribution is -0.384. The molecule has 1 aromatic carbocycles. The Morgan fingerprint density at radius 1 is 1.29 bits per heavy atom. The Kier molecular flexibility index (Phi) is 4.97. The van der Waals surface area contributed by atoms with Crippen molar-refractivity contribution in [1.29, 1.82) is 0 Å². The van der Waals surface area contributed by atoms with Crippen LogP contribution in [0.15, 0.2) is 29.8 Å². The topological polar surface area (TPSA) is 86.5 Å². The zero-order chi connectivity index (χ0) is 16.2. The molecule has 0 saturated heterocycles. The third-order valence-corrected chi connectivity index (χ3v) is 2.39. The quantitative estimate of drug-likeness (QED) is 0.212. The number of nitro benzene ring substituents is 1. The summed E-state index contributed by atoms with van der Waals surface area (Å²) in [6, 6.07) is 5.67. The van der Waals surface area contributed by atoms with E-state index in [9.17, 15) is 19.7 Å². The van der Waals surface area contributed by atoms with E-state index in [0.717, 1.165) is 0 Å². The first-order chi connectivity index (χ1) is 9.60. The summed E-state index contributed by atoms with van der Waals surface area (Å²) in [5.74, 6) is -1.21. The first kappa shape index (κ1) is 16.6. The summed E-state index contributed by atoms with van der Waals surface area (Å²) in [6.45, 7) is 6.31. The Balaban J connectivity index is 3.17. The number of rotatable bonds is 4. The number of ether oxygens (including phenoxy) is 1. The van der Waals surface area contributed by atoms with Gasteiger partial charge >= 0.3 is 5.97 Å². The molecule has 6 nitrogen and oxygen atoms in total. The van der Waals surface area contributed by atoms with Gasteiger partial charge in [0.25, 0.3) is 5.69 Å². The second-order valence-corrected chi connectivity index (χ2v) is 5.47. The fourth-order valence-electron chi connectivity index (χ4n) is 1.53. The minimum Gasteiger partial charge on any atom is -0.456 e. The number of ketones is 1. The Bertz CT molecular complexity index is 611. The molecule has 112 valence electrons. The lowest BCUT2D eigenvalue weighted by Crippen LogP contribution is -2.26. The molecule has 6 heteroatoms. The number of esters is 1. The molecular formula is C15H17NO5. The smallest absolute Gasteiger partial charge is 0.342 e. The molecule has 0 aliphatic heterocycles. The van der Waals surface area contributed by atoms with E-state index >= 15 is 0 Å². The van der Waals surface area contributed by atoms with Crippen LogP contribution in [0.4, 0.5) is 5.69 Å². The molecular weight excluding hydrogens is 274 g/mol. The molecule has 0 N–H and O–H groups in total. The van der Waals surface area contributed by atoms with E-state index in [0.29, 0.717) is 5.56 Å². The highest BCUT2D eigenvalue weighted by Crippen LogP contribution is 2.18. The molecule has 21 heavy (non-hydrogen) atoms. The SMILES string of the molecule is CC(=O)C(=Cc1cccc([N+](=O)[O-])c1)C(=O)OC(C)(C)C. The van der Waals surface area contributed by atoms with E-state index in [2.05, 4.69) is 0 Å². The van der Waals surface area contributed by atoms with Crippen molar-refractivity contribution in [2.45, 2.75) is 33.3 Å². The van der Waals surface area contributed by atoms with E-state index in [4.69, 9.17) is 4.74 Å². The van der Waals surface area contributed by atoms with Gasteiger partial charge in [-0.1, -0.05) is 12.1 Å². The molecule has 0 aromatic heterocycles. The summed E-state index contributed by atoms with van der Waals surface area (Å²) in [5.41, 5.74) is -0.601. The first-order valence-electron chi connectivity index (χ1n) is 6.30. The van der Waals surface area contributed by atoms with Crippen LogP contribution in [0.3, 0.4) is 0 Å². The van der Waals surface area contributed by atoms with Gasteiger partial charge in [0.2, 0.25) is 0 Å². The molecule has 0 saturated carbocycles. The largest absolute Gasteiger partial charge is 0.456 e. The van der Waals surface area contributed by atoms with E-state index in [1.165, 1.54) is 31.2 Å². The molecule has 0 unspecified atom stereocenters. The van der Waals surface area contributed by atoms with Crippen molar-refractivity contribution < 1.29 is 19.2 Å². The molecule has 0 radical (unpaired) electrons. The Morgan fingerprint density at radius 2 is 1.90 bits per heavy atom. The summed E-state index contributed by atoms with van der Waals surface area (Å²) < 4.78 is 5.15. The molecule has 0 spiro atoms. The van der Waals surface area contributed by atoms with Crippen LogP contribution in [0, 0.1) is 10.1 Å². The van der Waals surface area contributed by atoms with Crippen LogP contribution in [0.2, 0.25) is 0 Å². The Labute approximate surface area is 122 Å². The van der Waals surface area contributed by atoms with Crippen LogP contribution in [-0.2, 0) is 14.3 Å². The van der Waals surface area contributed by atoms with Crippen molar-refractivity contribution in [3.63, 3.8) is 0 Å². The van der Waals surface area contributed by atoms with Crippen LogP contribution in [-0.4, -0.2) is 22.3 Å². The van der Waals surface area contributed by atoms with Gasteiger partial charge in [0.15, 0.2) is 5.78 Å². The van der Waals surface area contributed by atoms with Crippen LogP contribution < -0.4 is 0 Å². The normalized spacial score (nSPS) is 11.9. The Morgan fingerprint density at radius 3 is 2.38 bits per heavy atom. The van der Waals surface area contributed by atoms with E-state index < -0.39 is 22.3 Å². The molecule has 1 aromatic rings. The molecule has 0 aliphatic carbocycles. The summed E-state index contributed by atoms with van der Waals surface area (Å²) in [6.07, 6.45) is 1.30. The molecule has 0 bridgehead atoms. The minimum absolute atomic E-state index is 0.115. The summed E-state index contributed by atoms with van der Waals surface area (Å²) in [5, 5.41) is 10.7. The van der Waals surface area contributed by atoms with Crippen LogP contribution in [0.25, 0.3) is 6.08 Å². The van der Waals surface area contributed by atoms with Crippen LogP contribution in [0.1, 0.15) is 33.3 Å². The van der Waals surface area contributed by atoms with Gasteiger partial charge < -0.3 is 4.74 Å². The fourth-order valence-corrected chi connectivity index (χ4v) is 1.53. The molecule has 0 amide bonds. The van der Waals surface area contributed by atoms with Crippen LogP contribution in [0.5, 0.6) is 0 Å². The highest BCUT2D eigenvalue weighted by Gasteiger charge is 2.22. The third-order valence-electron chi connectivity index (χ3n) is 2.39.